The number of hydrogen-bond donors (Lipinski definition) is 2. The van der Waals surface area contributed by atoms with Crippen LogP contribution in [0.2, 0.25) is 5.02 Å². The van der Waals surface area contributed by atoms with Gasteiger partial charge in [0.05, 0.1) is 5.39 Å². The third kappa shape index (κ3) is 7.37. The van der Waals surface area contributed by atoms with Crippen LogP contribution in [0.4, 0.5) is 5.69 Å². The first-order valence-corrected chi connectivity index (χ1v) is 13.8. The van der Waals surface area contributed by atoms with E-state index in [9.17, 15) is 14.4 Å². The summed E-state index contributed by atoms with van der Waals surface area (Å²) < 4.78 is 6.31. The largest absolute Gasteiger partial charge is 0.460 e. The summed E-state index contributed by atoms with van der Waals surface area (Å²) in [6.07, 6.45) is 1.57. The lowest BCUT2D eigenvalue weighted by molar-refractivity contribution is -0.114. The number of carbonyl (C=O) groups excluding carboxylic acids is 2. The number of rotatable bonds is 11. The van der Waals surface area contributed by atoms with Crippen molar-refractivity contribution in [2.24, 2.45) is 11.7 Å². The van der Waals surface area contributed by atoms with Gasteiger partial charge in [-0.1, -0.05) is 48.9 Å². The van der Waals surface area contributed by atoms with Gasteiger partial charge in [-0.25, -0.2) is 0 Å². The molecule has 0 saturated heterocycles. The lowest BCUT2D eigenvalue weighted by Gasteiger charge is -2.26. The second-order valence-corrected chi connectivity index (χ2v) is 10.5. The first-order chi connectivity index (χ1) is 19.2. The van der Waals surface area contributed by atoms with Crippen LogP contribution in [0.3, 0.4) is 0 Å². The number of nitrogens with zero attached hydrogens (tertiary/aromatic N) is 1. The zero-order chi connectivity index (χ0) is 28.6. The van der Waals surface area contributed by atoms with Gasteiger partial charge in [-0.15, -0.1) is 0 Å². The summed E-state index contributed by atoms with van der Waals surface area (Å²) in [5.74, 6) is 0.286. The SMILES string of the molecule is CC(=O)Nc1ccc(C(=O)N(CCCN)CC(C)Cc2oc3cc(Cl)ccc3c(=O)c2Cc2ccccc2)cc1. The molecule has 0 aliphatic heterocycles. The van der Waals surface area contributed by atoms with Crippen LogP contribution >= 0.6 is 11.6 Å². The molecule has 208 valence electrons. The first kappa shape index (κ1) is 29.1. The monoisotopic (exact) mass is 559 g/mol. The van der Waals surface area contributed by atoms with Crippen molar-refractivity contribution in [1.29, 1.82) is 0 Å². The van der Waals surface area contributed by atoms with Crippen molar-refractivity contribution in [2.45, 2.75) is 33.1 Å². The fourth-order valence-electron chi connectivity index (χ4n) is 4.79. The third-order valence-electron chi connectivity index (χ3n) is 6.69. The fraction of sp³-hybridized carbons (Fsp3) is 0.281. The Morgan fingerprint density at radius 3 is 2.45 bits per heavy atom. The second kappa shape index (κ2) is 13.4. The highest BCUT2D eigenvalue weighted by Gasteiger charge is 2.22. The minimum Gasteiger partial charge on any atom is -0.460 e. The summed E-state index contributed by atoms with van der Waals surface area (Å²) in [6, 6.07) is 21.7. The van der Waals surface area contributed by atoms with Crippen LogP contribution in [0.15, 0.2) is 82.0 Å². The summed E-state index contributed by atoms with van der Waals surface area (Å²) in [4.78, 5) is 40.2. The van der Waals surface area contributed by atoms with Crippen LogP contribution in [0, 0.1) is 5.92 Å². The van der Waals surface area contributed by atoms with Crippen molar-refractivity contribution in [3.05, 3.63) is 110 Å². The van der Waals surface area contributed by atoms with E-state index in [-0.39, 0.29) is 23.2 Å². The van der Waals surface area contributed by atoms with E-state index in [1.807, 2.05) is 37.3 Å². The first-order valence-electron chi connectivity index (χ1n) is 13.4. The average molecular weight is 560 g/mol. The number of benzene rings is 3. The molecule has 2 amide bonds. The Hall–Kier alpha value is -3.94. The Morgan fingerprint density at radius 2 is 1.77 bits per heavy atom. The van der Waals surface area contributed by atoms with E-state index in [4.69, 9.17) is 21.8 Å². The number of carbonyl (C=O) groups is 2. The zero-order valence-corrected chi connectivity index (χ0v) is 23.5. The van der Waals surface area contributed by atoms with Gasteiger partial charge in [0.15, 0.2) is 5.43 Å². The van der Waals surface area contributed by atoms with Crippen LogP contribution in [0.25, 0.3) is 11.0 Å². The molecule has 1 unspecified atom stereocenters. The molecule has 8 heteroatoms. The van der Waals surface area contributed by atoms with Crippen LogP contribution < -0.4 is 16.5 Å². The average Bonchev–Trinajstić information content (AvgIpc) is 2.93. The molecular weight excluding hydrogens is 526 g/mol. The van der Waals surface area contributed by atoms with Crippen LogP contribution in [-0.2, 0) is 17.6 Å². The van der Waals surface area contributed by atoms with Crippen molar-refractivity contribution >= 4 is 40.1 Å². The van der Waals surface area contributed by atoms with Gasteiger partial charge in [-0.2, -0.15) is 0 Å². The van der Waals surface area contributed by atoms with Crippen molar-refractivity contribution in [1.82, 2.24) is 4.90 Å². The Morgan fingerprint density at radius 1 is 1.05 bits per heavy atom. The smallest absolute Gasteiger partial charge is 0.253 e. The quantitative estimate of drug-likeness (QED) is 0.246. The molecule has 0 aliphatic carbocycles. The molecule has 4 aromatic rings. The van der Waals surface area contributed by atoms with Gasteiger partial charge < -0.3 is 20.4 Å². The summed E-state index contributed by atoms with van der Waals surface area (Å²) in [6.45, 7) is 4.89. The molecule has 4 rings (SSSR count). The summed E-state index contributed by atoms with van der Waals surface area (Å²) in [5.41, 5.74) is 8.93. The molecule has 1 heterocycles. The highest BCUT2D eigenvalue weighted by Crippen LogP contribution is 2.24. The zero-order valence-electron chi connectivity index (χ0n) is 22.8. The number of nitrogens with one attached hydrogen (secondary N) is 1. The molecular formula is C32H34ClN3O4. The van der Waals surface area contributed by atoms with E-state index >= 15 is 0 Å². The molecule has 0 spiro atoms. The van der Waals surface area contributed by atoms with Gasteiger partial charge in [0.25, 0.3) is 5.91 Å². The van der Waals surface area contributed by atoms with E-state index in [2.05, 4.69) is 5.32 Å². The van der Waals surface area contributed by atoms with Crippen molar-refractivity contribution in [3.63, 3.8) is 0 Å². The summed E-state index contributed by atoms with van der Waals surface area (Å²) in [7, 11) is 0. The van der Waals surface area contributed by atoms with Gasteiger partial charge in [0.1, 0.15) is 11.3 Å². The fourth-order valence-corrected chi connectivity index (χ4v) is 4.95. The Balaban J connectivity index is 1.60. The molecule has 40 heavy (non-hydrogen) atoms. The van der Waals surface area contributed by atoms with Crippen LogP contribution in [0.1, 0.15) is 47.5 Å². The number of anilines is 1. The molecule has 7 nitrogen and oxygen atoms in total. The molecule has 0 saturated carbocycles. The summed E-state index contributed by atoms with van der Waals surface area (Å²) >= 11 is 6.21. The highest BCUT2D eigenvalue weighted by atomic mass is 35.5. The molecule has 3 N–H and O–H groups in total. The van der Waals surface area contributed by atoms with E-state index < -0.39 is 0 Å². The predicted molar refractivity (Wildman–Crippen MR) is 160 cm³/mol. The second-order valence-electron chi connectivity index (χ2n) is 10.1. The predicted octanol–water partition coefficient (Wildman–Crippen LogP) is 5.67. The number of hydrogen-bond acceptors (Lipinski definition) is 5. The molecule has 3 aromatic carbocycles. The highest BCUT2D eigenvalue weighted by molar-refractivity contribution is 6.31. The lowest BCUT2D eigenvalue weighted by Crippen LogP contribution is -2.37. The molecule has 1 atom stereocenters. The maximum Gasteiger partial charge on any atom is 0.253 e. The Bertz CT molecular complexity index is 1530. The van der Waals surface area contributed by atoms with Gasteiger partial charge >= 0.3 is 0 Å². The molecule has 0 bridgehead atoms. The van der Waals surface area contributed by atoms with Crippen molar-refractivity contribution in [3.8, 4) is 0 Å². The topological polar surface area (TPSA) is 106 Å². The minimum atomic E-state index is -0.174. The molecule has 1 aromatic heterocycles. The van der Waals surface area contributed by atoms with Crippen LogP contribution in [0.5, 0.6) is 0 Å². The van der Waals surface area contributed by atoms with E-state index in [1.54, 1.807) is 47.4 Å². The van der Waals surface area contributed by atoms with E-state index in [1.165, 1.54) is 6.92 Å². The Kier molecular flexibility index (Phi) is 9.74. The van der Waals surface area contributed by atoms with E-state index in [0.717, 1.165) is 5.56 Å². The summed E-state index contributed by atoms with van der Waals surface area (Å²) in [5, 5.41) is 3.70. The number of amides is 2. The van der Waals surface area contributed by atoms with Gasteiger partial charge in [-0.05, 0) is 60.8 Å². The van der Waals surface area contributed by atoms with Crippen LogP contribution in [-0.4, -0.2) is 36.3 Å². The maximum atomic E-state index is 13.6. The third-order valence-corrected chi connectivity index (χ3v) is 6.93. The standard InChI is InChI=1S/C32H34ClN3O4/c1-21(20-36(16-6-15-34)32(39)24-9-12-26(13-10-24)35-22(2)37)17-29-28(18-23-7-4-3-5-8-23)31(38)27-14-11-25(33)19-30(27)40-29/h3-5,7-14,19,21H,6,15-18,20,34H2,1-2H3,(H,35,37). The minimum absolute atomic E-state index is 0.0188. The van der Waals surface area contributed by atoms with Gasteiger partial charge in [0.2, 0.25) is 5.91 Å². The maximum absolute atomic E-state index is 13.6. The van der Waals surface area contributed by atoms with E-state index in [0.29, 0.717) is 77.5 Å². The number of nitrogens with two attached hydrogens (primary N) is 1. The van der Waals surface area contributed by atoms with Crippen molar-refractivity contribution in [2.75, 3.05) is 25.0 Å². The van der Waals surface area contributed by atoms with Gasteiger partial charge in [0, 0.05) is 60.8 Å². The molecule has 0 aliphatic rings. The lowest BCUT2D eigenvalue weighted by atomic mass is 9.96. The van der Waals surface area contributed by atoms with Gasteiger partial charge in [-0.3, -0.25) is 14.4 Å². The Labute approximate surface area is 238 Å². The number of halogens is 1. The number of fused-ring (bicyclic) bond motifs is 1. The molecule has 0 radical (unpaired) electrons. The van der Waals surface area contributed by atoms with Crippen molar-refractivity contribution < 1.29 is 14.0 Å². The molecule has 0 fully saturated rings. The normalized spacial score (nSPS) is 11.8.